The number of hydrogen-bond acceptors (Lipinski definition) is 7. The number of anilines is 1. The van der Waals surface area contributed by atoms with Crippen LogP contribution in [0.2, 0.25) is 0 Å². The monoisotopic (exact) mass is 479 g/mol. The molecule has 1 aromatic carbocycles. The summed E-state index contributed by atoms with van der Waals surface area (Å²) in [5.74, 6) is 1.60. The molecule has 1 amide bonds. The molecule has 7 nitrogen and oxygen atoms in total. The lowest BCUT2D eigenvalue weighted by molar-refractivity contribution is 0.0196. The summed E-state index contributed by atoms with van der Waals surface area (Å²) in [6, 6.07) is 10.4. The molecule has 2 fully saturated rings. The standard InChI is InChI=1S/C26H33N5O2S/c1-26(33)10-5-19(6-11-26)28-24-23-21(9-14-34-23)30-22(31-24)16-17-3-2-4-18(15-17)25(32)29-20-7-12-27-13-8-20/h2-4,9,14-15,19-20,27,33H,5-8,10-13,16H2,1H3,(H,29,32)(H,28,30,31). The summed E-state index contributed by atoms with van der Waals surface area (Å²) in [4.78, 5) is 22.5. The van der Waals surface area contributed by atoms with Gasteiger partial charge in [-0.1, -0.05) is 12.1 Å². The highest BCUT2D eigenvalue weighted by molar-refractivity contribution is 7.17. The third kappa shape index (κ3) is 5.56. The maximum atomic E-state index is 12.8. The summed E-state index contributed by atoms with van der Waals surface area (Å²) in [5.41, 5.74) is 2.09. The number of hydrogen-bond donors (Lipinski definition) is 4. The lowest BCUT2D eigenvalue weighted by Gasteiger charge is -2.33. The molecular weight excluding hydrogens is 446 g/mol. The second-order valence-electron chi connectivity index (χ2n) is 9.91. The molecule has 3 aromatic rings. The zero-order valence-corrected chi connectivity index (χ0v) is 20.5. The summed E-state index contributed by atoms with van der Waals surface area (Å²) in [6.45, 7) is 3.82. The van der Waals surface area contributed by atoms with Crippen molar-refractivity contribution < 1.29 is 9.90 Å². The number of nitrogens with one attached hydrogen (secondary N) is 3. The number of fused-ring (bicyclic) bond motifs is 1. The SMILES string of the molecule is CC1(O)CCC(Nc2nc(Cc3cccc(C(=O)NC4CCNCC4)c3)nc3ccsc23)CC1. The van der Waals surface area contributed by atoms with E-state index in [1.54, 1.807) is 11.3 Å². The van der Waals surface area contributed by atoms with Gasteiger partial charge in [-0.05, 0) is 87.7 Å². The van der Waals surface area contributed by atoms with Gasteiger partial charge in [-0.15, -0.1) is 11.3 Å². The number of aromatic nitrogens is 2. The molecule has 0 atom stereocenters. The summed E-state index contributed by atoms with van der Waals surface area (Å²) in [5, 5.41) is 22.4. The number of carbonyl (C=O) groups excluding carboxylic acids is 1. The molecule has 4 N–H and O–H groups in total. The van der Waals surface area contributed by atoms with Gasteiger partial charge in [0.05, 0.1) is 15.8 Å². The number of aliphatic hydroxyl groups is 1. The van der Waals surface area contributed by atoms with Crippen LogP contribution in [-0.4, -0.2) is 51.8 Å². The van der Waals surface area contributed by atoms with Gasteiger partial charge in [-0.2, -0.15) is 0 Å². The Labute approximate surface area is 204 Å². The van der Waals surface area contributed by atoms with Crippen LogP contribution >= 0.6 is 11.3 Å². The topological polar surface area (TPSA) is 99.2 Å². The third-order valence-corrected chi connectivity index (χ3v) is 7.89. The first-order valence-electron chi connectivity index (χ1n) is 12.3. The molecule has 0 spiro atoms. The molecule has 0 unspecified atom stereocenters. The maximum absolute atomic E-state index is 12.8. The highest BCUT2D eigenvalue weighted by atomic mass is 32.1. The van der Waals surface area contributed by atoms with Gasteiger partial charge >= 0.3 is 0 Å². The molecular formula is C26H33N5O2S. The van der Waals surface area contributed by atoms with Gasteiger partial charge < -0.3 is 21.1 Å². The van der Waals surface area contributed by atoms with Crippen molar-refractivity contribution in [1.29, 1.82) is 0 Å². The predicted octanol–water partition coefficient (Wildman–Crippen LogP) is 3.87. The number of thiophene rings is 1. The number of amides is 1. The molecule has 0 radical (unpaired) electrons. The molecule has 0 bridgehead atoms. The van der Waals surface area contributed by atoms with E-state index < -0.39 is 5.60 Å². The largest absolute Gasteiger partial charge is 0.390 e. The van der Waals surface area contributed by atoms with Crippen molar-refractivity contribution in [3.63, 3.8) is 0 Å². The molecule has 5 rings (SSSR count). The Balaban J connectivity index is 1.31. The summed E-state index contributed by atoms with van der Waals surface area (Å²) < 4.78 is 1.07. The molecule has 2 aromatic heterocycles. The van der Waals surface area contributed by atoms with Gasteiger partial charge in [0.15, 0.2) is 0 Å². The fraction of sp³-hybridized carbons (Fsp3) is 0.500. The van der Waals surface area contributed by atoms with E-state index in [2.05, 4.69) is 16.0 Å². The highest BCUT2D eigenvalue weighted by Gasteiger charge is 2.29. The Hall–Kier alpha value is -2.55. The number of rotatable bonds is 6. The summed E-state index contributed by atoms with van der Waals surface area (Å²) in [6.07, 6.45) is 5.93. The lowest BCUT2D eigenvalue weighted by Crippen LogP contribution is -2.42. The molecule has 1 aliphatic heterocycles. The van der Waals surface area contributed by atoms with Crippen LogP contribution < -0.4 is 16.0 Å². The minimum Gasteiger partial charge on any atom is -0.390 e. The van der Waals surface area contributed by atoms with Crippen LogP contribution in [0.3, 0.4) is 0 Å². The third-order valence-electron chi connectivity index (χ3n) is 6.98. The van der Waals surface area contributed by atoms with Gasteiger partial charge in [0, 0.05) is 24.1 Å². The fourth-order valence-corrected chi connectivity index (χ4v) is 5.69. The second-order valence-corrected chi connectivity index (χ2v) is 10.8. The minimum absolute atomic E-state index is 0.0153. The second kappa shape index (κ2) is 9.98. The van der Waals surface area contributed by atoms with E-state index in [1.807, 2.05) is 42.6 Å². The average molecular weight is 480 g/mol. The number of nitrogens with zero attached hydrogens (tertiary/aromatic N) is 2. The number of piperidine rings is 1. The van der Waals surface area contributed by atoms with Crippen molar-refractivity contribution in [3.8, 4) is 0 Å². The molecule has 8 heteroatoms. The Kier molecular flexibility index (Phi) is 6.81. The Morgan fingerprint density at radius 2 is 1.94 bits per heavy atom. The van der Waals surface area contributed by atoms with E-state index in [0.29, 0.717) is 18.0 Å². The van der Waals surface area contributed by atoms with Crippen molar-refractivity contribution in [1.82, 2.24) is 20.6 Å². The normalized spacial score (nSPS) is 23.6. The Morgan fingerprint density at radius 1 is 1.15 bits per heavy atom. The van der Waals surface area contributed by atoms with E-state index in [-0.39, 0.29) is 11.9 Å². The maximum Gasteiger partial charge on any atom is 0.251 e. The van der Waals surface area contributed by atoms with Crippen LogP contribution in [0.15, 0.2) is 35.7 Å². The molecule has 1 saturated heterocycles. The first kappa shape index (κ1) is 23.2. The molecule has 34 heavy (non-hydrogen) atoms. The molecule has 180 valence electrons. The molecule has 2 aliphatic rings. The highest BCUT2D eigenvalue weighted by Crippen LogP contribution is 2.32. The smallest absolute Gasteiger partial charge is 0.251 e. The van der Waals surface area contributed by atoms with Crippen molar-refractivity contribution in [2.45, 2.75) is 69.6 Å². The van der Waals surface area contributed by atoms with E-state index in [0.717, 1.165) is 79.0 Å². The lowest BCUT2D eigenvalue weighted by atomic mass is 9.84. The number of carbonyl (C=O) groups is 1. The minimum atomic E-state index is -0.557. The van der Waals surface area contributed by atoms with Crippen LogP contribution in [0.4, 0.5) is 5.82 Å². The zero-order chi connectivity index (χ0) is 23.5. The van der Waals surface area contributed by atoms with Gasteiger partial charge in [0.1, 0.15) is 11.6 Å². The van der Waals surface area contributed by atoms with Crippen LogP contribution in [0.5, 0.6) is 0 Å². The summed E-state index contributed by atoms with van der Waals surface area (Å²) >= 11 is 1.65. The first-order chi connectivity index (χ1) is 16.4. The van der Waals surface area contributed by atoms with Crippen LogP contribution in [-0.2, 0) is 6.42 Å². The zero-order valence-electron chi connectivity index (χ0n) is 19.6. The first-order valence-corrected chi connectivity index (χ1v) is 13.2. The van der Waals surface area contributed by atoms with E-state index in [4.69, 9.17) is 9.97 Å². The van der Waals surface area contributed by atoms with Crippen molar-refractivity contribution in [2.24, 2.45) is 0 Å². The Morgan fingerprint density at radius 3 is 2.74 bits per heavy atom. The predicted molar refractivity (Wildman–Crippen MR) is 137 cm³/mol. The number of benzene rings is 1. The van der Waals surface area contributed by atoms with Crippen molar-refractivity contribution in [2.75, 3.05) is 18.4 Å². The van der Waals surface area contributed by atoms with Gasteiger partial charge in [-0.25, -0.2) is 9.97 Å². The van der Waals surface area contributed by atoms with Crippen LogP contribution in [0, 0.1) is 0 Å². The quantitative estimate of drug-likeness (QED) is 0.428. The summed E-state index contributed by atoms with van der Waals surface area (Å²) in [7, 11) is 0. The molecule has 3 heterocycles. The van der Waals surface area contributed by atoms with E-state index in [1.165, 1.54) is 0 Å². The van der Waals surface area contributed by atoms with Gasteiger partial charge in [0.2, 0.25) is 0 Å². The van der Waals surface area contributed by atoms with E-state index >= 15 is 0 Å². The van der Waals surface area contributed by atoms with E-state index in [9.17, 15) is 9.90 Å². The van der Waals surface area contributed by atoms with Crippen LogP contribution in [0.1, 0.15) is 67.2 Å². The van der Waals surface area contributed by atoms with Gasteiger partial charge in [0.25, 0.3) is 5.91 Å². The van der Waals surface area contributed by atoms with Crippen molar-refractivity contribution >= 4 is 33.3 Å². The van der Waals surface area contributed by atoms with Crippen molar-refractivity contribution in [3.05, 3.63) is 52.7 Å². The molecule has 1 aliphatic carbocycles. The molecule has 1 saturated carbocycles. The average Bonchev–Trinajstić information content (AvgIpc) is 3.30. The van der Waals surface area contributed by atoms with Gasteiger partial charge in [-0.3, -0.25) is 4.79 Å². The van der Waals surface area contributed by atoms with Crippen LogP contribution in [0.25, 0.3) is 10.2 Å². The fourth-order valence-electron chi connectivity index (χ4n) is 4.91. The Bertz CT molecular complexity index is 1150.